The zero-order chi connectivity index (χ0) is 14.8. The van der Waals surface area contributed by atoms with Crippen molar-refractivity contribution in [2.75, 3.05) is 5.75 Å². The summed E-state index contributed by atoms with van der Waals surface area (Å²) in [7, 11) is 0. The van der Waals surface area contributed by atoms with Crippen molar-refractivity contribution in [1.82, 2.24) is 5.32 Å². The van der Waals surface area contributed by atoms with E-state index in [1.807, 2.05) is 13.0 Å². The molecule has 0 spiro atoms. The van der Waals surface area contributed by atoms with E-state index in [0.717, 1.165) is 17.7 Å². The lowest BCUT2D eigenvalue weighted by Crippen LogP contribution is -2.47. The highest BCUT2D eigenvalue weighted by molar-refractivity contribution is 8.00. The van der Waals surface area contributed by atoms with Crippen molar-refractivity contribution in [3.63, 3.8) is 0 Å². The van der Waals surface area contributed by atoms with Gasteiger partial charge in [-0.15, -0.1) is 11.8 Å². The Labute approximate surface area is 124 Å². The van der Waals surface area contributed by atoms with Gasteiger partial charge in [0.25, 0.3) is 0 Å². The number of nitrogens with zero attached hydrogens (tertiary/aromatic N) is 1. The second-order valence-electron chi connectivity index (χ2n) is 5.67. The Kier molecular flexibility index (Phi) is 4.39. The summed E-state index contributed by atoms with van der Waals surface area (Å²) < 4.78 is 0. The smallest absolute Gasteiger partial charge is 0.231 e. The molecular weight excluding hydrogens is 268 g/mol. The Morgan fingerprint density at radius 3 is 2.70 bits per heavy atom. The van der Waals surface area contributed by atoms with E-state index in [4.69, 9.17) is 0 Å². The number of nitrogens with one attached hydrogen (secondary N) is 1. The first-order valence-electron chi connectivity index (χ1n) is 6.87. The number of hydrogen-bond acceptors (Lipinski definition) is 3. The Hall–Kier alpha value is -1.47. The predicted octanol–water partition coefficient (Wildman–Crippen LogP) is 3.20. The molecule has 4 heteroatoms. The van der Waals surface area contributed by atoms with Crippen molar-refractivity contribution in [2.45, 2.75) is 44.0 Å². The molecule has 0 heterocycles. The first-order chi connectivity index (χ1) is 9.44. The Morgan fingerprint density at radius 2 is 2.15 bits per heavy atom. The van der Waals surface area contributed by atoms with Gasteiger partial charge >= 0.3 is 0 Å². The molecule has 1 aromatic carbocycles. The van der Waals surface area contributed by atoms with Crippen molar-refractivity contribution >= 4 is 17.7 Å². The molecule has 1 aromatic rings. The maximum Gasteiger partial charge on any atom is 0.231 e. The molecular formula is C16H20N2OS. The van der Waals surface area contributed by atoms with Crippen molar-refractivity contribution in [3.8, 4) is 6.07 Å². The lowest BCUT2D eigenvalue weighted by atomic mass is 9.98. The number of hydrogen-bond donors (Lipinski definition) is 1. The van der Waals surface area contributed by atoms with Crippen LogP contribution >= 0.6 is 11.8 Å². The molecule has 0 saturated heterocycles. The number of aryl methyl sites for hydroxylation is 2. The average molecular weight is 288 g/mol. The van der Waals surface area contributed by atoms with E-state index < -0.39 is 5.54 Å². The molecule has 3 nitrogen and oxygen atoms in total. The Balaban J connectivity index is 1.89. The van der Waals surface area contributed by atoms with Gasteiger partial charge in [0, 0.05) is 4.90 Å². The normalized spacial score (nSPS) is 17.1. The standard InChI is InChI=1S/C16H20N2OS/c1-11-4-7-14(8-12(11)2)20-9-15(19)18-16(3,10-17)13-5-6-13/h4,7-8,13H,5-6,9H2,1-3H3,(H,18,19)/t16-/m0/s1. The zero-order valence-corrected chi connectivity index (χ0v) is 13.0. The van der Waals surface area contributed by atoms with Gasteiger partial charge in [-0.3, -0.25) is 4.79 Å². The van der Waals surface area contributed by atoms with E-state index in [9.17, 15) is 10.1 Å². The molecule has 0 radical (unpaired) electrons. The van der Waals surface area contributed by atoms with Gasteiger partial charge in [0.15, 0.2) is 0 Å². The number of rotatable bonds is 5. The molecule has 2 rings (SSSR count). The third kappa shape index (κ3) is 3.55. The minimum Gasteiger partial charge on any atom is -0.337 e. The van der Waals surface area contributed by atoms with Gasteiger partial charge in [0.1, 0.15) is 5.54 Å². The number of carbonyl (C=O) groups is 1. The fraction of sp³-hybridized carbons (Fsp3) is 0.500. The van der Waals surface area contributed by atoms with Crippen molar-refractivity contribution < 1.29 is 4.79 Å². The summed E-state index contributed by atoms with van der Waals surface area (Å²) >= 11 is 1.51. The van der Waals surface area contributed by atoms with Crippen LogP contribution in [0, 0.1) is 31.1 Å². The highest BCUT2D eigenvalue weighted by atomic mass is 32.2. The molecule has 1 aliphatic carbocycles. The van der Waals surface area contributed by atoms with Gasteiger partial charge in [0.2, 0.25) is 5.91 Å². The van der Waals surface area contributed by atoms with E-state index in [-0.39, 0.29) is 5.91 Å². The minimum absolute atomic E-state index is 0.0656. The van der Waals surface area contributed by atoms with Gasteiger partial charge in [-0.1, -0.05) is 6.07 Å². The third-order valence-electron chi connectivity index (χ3n) is 3.87. The quantitative estimate of drug-likeness (QED) is 0.846. The second-order valence-corrected chi connectivity index (χ2v) is 6.72. The van der Waals surface area contributed by atoms with Crippen LogP contribution in [-0.2, 0) is 4.79 Å². The fourth-order valence-corrected chi connectivity index (χ4v) is 2.95. The SMILES string of the molecule is Cc1ccc(SCC(=O)N[C@@](C)(C#N)C2CC2)cc1C. The summed E-state index contributed by atoms with van der Waals surface area (Å²) in [5.74, 6) is 0.610. The molecule has 0 bridgehead atoms. The summed E-state index contributed by atoms with van der Waals surface area (Å²) in [6, 6.07) is 8.44. The lowest BCUT2D eigenvalue weighted by Gasteiger charge is -2.22. The van der Waals surface area contributed by atoms with E-state index in [1.54, 1.807) is 0 Å². The van der Waals surface area contributed by atoms with E-state index in [1.165, 1.54) is 22.9 Å². The lowest BCUT2D eigenvalue weighted by molar-refractivity contribution is -0.119. The van der Waals surface area contributed by atoms with Crippen LogP contribution in [0.5, 0.6) is 0 Å². The minimum atomic E-state index is -0.694. The molecule has 0 unspecified atom stereocenters. The maximum atomic E-state index is 12.0. The van der Waals surface area contributed by atoms with Gasteiger partial charge in [-0.05, 0) is 62.8 Å². The molecule has 1 fully saturated rings. The maximum absolute atomic E-state index is 12.0. The summed E-state index contributed by atoms with van der Waals surface area (Å²) in [4.78, 5) is 13.1. The molecule has 1 atom stereocenters. The summed E-state index contributed by atoms with van der Waals surface area (Å²) in [6.07, 6.45) is 2.07. The van der Waals surface area contributed by atoms with Crippen molar-refractivity contribution in [1.29, 1.82) is 5.26 Å². The van der Waals surface area contributed by atoms with E-state index in [0.29, 0.717) is 11.7 Å². The average Bonchev–Trinajstić information content (AvgIpc) is 3.25. The number of amides is 1. The largest absolute Gasteiger partial charge is 0.337 e. The van der Waals surface area contributed by atoms with Gasteiger partial charge < -0.3 is 5.32 Å². The van der Waals surface area contributed by atoms with Crippen LogP contribution in [0.25, 0.3) is 0 Å². The topological polar surface area (TPSA) is 52.9 Å². The van der Waals surface area contributed by atoms with Crippen molar-refractivity contribution in [2.24, 2.45) is 5.92 Å². The van der Waals surface area contributed by atoms with Crippen LogP contribution in [0.4, 0.5) is 0 Å². The summed E-state index contributed by atoms with van der Waals surface area (Å²) in [5, 5.41) is 12.1. The Morgan fingerprint density at radius 1 is 1.45 bits per heavy atom. The summed E-state index contributed by atoms with van der Waals surface area (Å²) in [5.41, 5.74) is 1.79. The Bertz CT molecular complexity index is 560. The molecule has 0 aliphatic heterocycles. The zero-order valence-electron chi connectivity index (χ0n) is 12.2. The number of carbonyl (C=O) groups excluding carboxylic acids is 1. The first kappa shape index (κ1) is 14.9. The van der Waals surface area contributed by atoms with Crippen LogP contribution in [0.1, 0.15) is 30.9 Å². The molecule has 1 N–H and O–H groups in total. The second kappa shape index (κ2) is 5.88. The van der Waals surface area contributed by atoms with Crippen LogP contribution in [-0.4, -0.2) is 17.2 Å². The molecule has 20 heavy (non-hydrogen) atoms. The highest BCUT2D eigenvalue weighted by Crippen LogP contribution is 2.39. The molecule has 0 aromatic heterocycles. The van der Waals surface area contributed by atoms with Crippen LogP contribution < -0.4 is 5.32 Å². The number of thioether (sulfide) groups is 1. The van der Waals surface area contributed by atoms with Crippen molar-refractivity contribution in [3.05, 3.63) is 29.3 Å². The predicted molar refractivity (Wildman–Crippen MR) is 81.5 cm³/mol. The van der Waals surface area contributed by atoms with Gasteiger partial charge in [0.05, 0.1) is 11.8 Å². The van der Waals surface area contributed by atoms with Crippen LogP contribution in [0.15, 0.2) is 23.1 Å². The van der Waals surface area contributed by atoms with Gasteiger partial charge in [-0.2, -0.15) is 5.26 Å². The molecule has 1 aliphatic rings. The van der Waals surface area contributed by atoms with Crippen LogP contribution in [0.3, 0.4) is 0 Å². The van der Waals surface area contributed by atoms with Gasteiger partial charge in [-0.25, -0.2) is 0 Å². The monoisotopic (exact) mass is 288 g/mol. The molecule has 1 amide bonds. The van der Waals surface area contributed by atoms with E-state index >= 15 is 0 Å². The first-order valence-corrected chi connectivity index (χ1v) is 7.85. The van der Waals surface area contributed by atoms with E-state index in [2.05, 4.69) is 37.4 Å². The molecule has 106 valence electrons. The van der Waals surface area contributed by atoms with Crippen LogP contribution in [0.2, 0.25) is 0 Å². The third-order valence-corrected chi connectivity index (χ3v) is 4.87. The number of nitriles is 1. The summed E-state index contributed by atoms with van der Waals surface area (Å²) in [6.45, 7) is 5.97. The highest BCUT2D eigenvalue weighted by Gasteiger charge is 2.42. The molecule has 1 saturated carbocycles. The fourth-order valence-electron chi connectivity index (χ4n) is 2.16. The number of benzene rings is 1.